The number of anilines is 1. The Hall–Kier alpha value is -3.55. The zero-order chi connectivity index (χ0) is 21.0. The molecule has 0 aliphatic rings. The fraction of sp³-hybridized carbons (Fsp3) is 0.143. The van der Waals surface area contributed by atoms with E-state index in [0.717, 1.165) is 22.8 Å². The Kier molecular flexibility index (Phi) is 6.01. The van der Waals surface area contributed by atoms with Crippen molar-refractivity contribution in [2.45, 2.75) is 13.3 Å². The molecular weight excluding hydrogens is 385 g/mol. The van der Waals surface area contributed by atoms with Crippen molar-refractivity contribution in [3.05, 3.63) is 71.2 Å². The molecule has 2 aromatic carbocycles. The first-order valence-electron chi connectivity index (χ1n) is 8.80. The number of amides is 2. The molecular formula is C21H17F3N2O3. The van der Waals surface area contributed by atoms with E-state index in [-0.39, 0.29) is 0 Å². The van der Waals surface area contributed by atoms with Gasteiger partial charge in [-0.2, -0.15) is 0 Å². The minimum absolute atomic E-state index is 0.478. The number of carbonyl (C=O) groups is 2. The lowest BCUT2D eigenvalue weighted by Gasteiger charge is -2.07. The van der Waals surface area contributed by atoms with Gasteiger partial charge in [-0.05, 0) is 24.3 Å². The first-order chi connectivity index (χ1) is 13.9. The van der Waals surface area contributed by atoms with Crippen LogP contribution in [0.1, 0.15) is 18.2 Å². The first kappa shape index (κ1) is 20.2. The second kappa shape index (κ2) is 8.64. The Bertz CT molecular complexity index is 1110. The van der Waals surface area contributed by atoms with Gasteiger partial charge in [0.15, 0.2) is 17.5 Å². The number of carbonyl (C=O) groups excluding carboxylic acids is 2. The van der Waals surface area contributed by atoms with Crippen LogP contribution in [-0.2, 0) is 16.0 Å². The molecule has 29 heavy (non-hydrogen) atoms. The van der Waals surface area contributed by atoms with Gasteiger partial charge >= 0.3 is 0 Å². The highest BCUT2D eigenvalue weighted by molar-refractivity contribution is 5.99. The van der Waals surface area contributed by atoms with Crippen LogP contribution in [-0.4, -0.2) is 18.4 Å². The molecule has 2 N–H and O–H groups in total. The third kappa shape index (κ3) is 4.48. The number of halogens is 3. The molecule has 150 valence electrons. The number of aryl methyl sites for hydroxylation is 1. The molecule has 3 rings (SSSR count). The highest BCUT2D eigenvalue weighted by Gasteiger charge is 2.15. The van der Waals surface area contributed by atoms with Crippen LogP contribution in [0.15, 0.2) is 46.9 Å². The van der Waals surface area contributed by atoms with Crippen molar-refractivity contribution in [3.8, 4) is 0 Å². The van der Waals surface area contributed by atoms with E-state index < -0.39 is 41.5 Å². The Morgan fingerprint density at radius 1 is 1.07 bits per heavy atom. The maximum absolute atomic E-state index is 13.6. The van der Waals surface area contributed by atoms with Gasteiger partial charge in [0, 0.05) is 23.4 Å². The number of nitrogens with one attached hydrogen (secondary N) is 2. The fourth-order valence-electron chi connectivity index (χ4n) is 2.76. The van der Waals surface area contributed by atoms with Gasteiger partial charge < -0.3 is 15.1 Å². The summed E-state index contributed by atoms with van der Waals surface area (Å²) in [7, 11) is 0. The van der Waals surface area contributed by atoms with Crippen molar-refractivity contribution in [2.75, 3.05) is 11.9 Å². The van der Waals surface area contributed by atoms with Crippen LogP contribution in [0.5, 0.6) is 0 Å². The number of hydrogen-bond acceptors (Lipinski definition) is 3. The van der Waals surface area contributed by atoms with Crippen LogP contribution in [0.25, 0.3) is 17.0 Å². The summed E-state index contributed by atoms with van der Waals surface area (Å²) in [5.41, 5.74) is 0.958. The van der Waals surface area contributed by atoms with Crippen LogP contribution in [0.2, 0.25) is 0 Å². The van der Waals surface area contributed by atoms with Crippen LogP contribution in [0.3, 0.4) is 0 Å². The van der Waals surface area contributed by atoms with Gasteiger partial charge in [0.2, 0.25) is 11.8 Å². The summed E-state index contributed by atoms with van der Waals surface area (Å²) in [6, 6.07) is 8.99. The number of para-hydroxylation sites is 1. The van der Waals surface area contributed by atoms with Gasteiger partial charge in [0.05, 0.1) is 12.2 Å². The van der Waals surface area contributed by atoms with E-state index in [1.807, 2.05) is 31.2 Å². The highest BCUT2D eigenvalue weighted by atomic mass is 19.2. The lowest BCUT2D eigenvalue weighted by Crippen LogP contribution is -2.32. The third-order valence-corrected chi connectivity index (χ3v) is 4.17. The van der Waals surface area contributed by atoms with Crippen molar-refractivity contribution in [1.29, 1.82) is 0 Å². The summed E-state index contributed by atoms with van der Waals surface area (Å²) < 4.78 is 45.4. The zero-order valence-electron chi connectivity index (χ0n) is 15.4. The molecule has 0 radical (unpaired) electrons. The van der Waals surface area contributed by atoms with E-state index in [4.69, 9.17) is 4.42 Å². The maximum Gasteiger partial charge on any atom is 0.244 e. The van der Waals surface area contributed by atoms with Gasteiger partial charge in [-0.1, -0.05) is 25.1 Å². The van der Waals surface area contributed by atoms with Crippen molar-refractivity contribution in [3.63, 3.8) is 0 Å². The molecule has 0 saturated carbocycles. The van der Waals surface area contributed by atoms with Crippen molar-refractivity contribution >= 4 is 34.5 Å². The van der Waals surface area contributed by atoms with Crippen LogP contribution in [0.4, 0.5) is 18.9 Å². The smallest absolute Gasteiger partial charge is 0.244 e. The Morgan fingerprint density at radius 3 is 2.59 bits per heavy atom. The van der Waals surface area contributed by atoms with Crippen molar-refractivity contribution < 1.29 is 27.2 Å². The standard InChI is InChI=1S/C21H17F3N2O3/c1-2-16-13(12-5-3-4-6-17(12)29-16)7-10-18(27)25-11-19(28)26-15-9-8-14(22)20(23)21(15)24/h3-10H,2,11H2,1H3,(H,25,27)(H,26,28)/b10-7+. The average Bonchev–Trinajstić information content (AvgIpc) is 3.09. The number of benzene rings is 2. The van der Waals surface area contributed by atoms with Gasteiger partial charge in [0.1, 0.15) is 11.3 Å². The monoisotopic (exact) mass is 402 g/mol. The predicted molar refractivity (Wildman–Crippen MR) is 103 cm³/mol. The molecule has 0 unspecified atom stereocenters. The Morgan fingerprint density at radius 2 is 1.83 bits per heavy atom. The van der Waals surface area contributed by atoms with Crippen LogP contribution >= 0.6 is 0 Å². The number of rotatable bonds is 6. The minimum atomic E-state index is -1.69. The quantitative estimate of drug-likeness (QED) is 0.480. The molecule has 0 atom stereocenters. The molecule has 3 aromatic rings. The summed E-state index contributed by atoms with van der Waals surface area (Å²) >= 11 is 0. The van der Waals surface area contributed by atoms with E-state index in [1.54, 1.807) is 6.08 Å². The Labute approximate surface area is 164 Å². The predicted octanol–water partition coefficient (Wildman–Crippen LogP) is 4.18. The zero-order valence-corrected chi connectivity index (χ0v) is 15.4. The van der Waals surface area contributed by atoms with Gasteiger partial charge in [-0.15, -0.1) is 0 Å². The largest absolute Gasteiger partial charge is 0.460 e. The molecule has 0 spiro atoms. The van der Waals surface area contributed by atoms with Crippen LogP contribution < -0.4 is 10.6 Å². The highest BCUT2D eigenvalue weighted by Crippen LogP contribution is 2.27. The average molecular weight is 402 g/mol. The molecule has 1 aromatic heterocycles. The van der Waals surface area contributed by atoms with Crippen molar-refractivity contribution in [1.82, 2.24) is 5.32 Å². The van der Waals surface area contributed by atoms with E-state index in [1.165, 1.54) is 6.08 Å². The topological polar surface area (TPSA) is 71.3 Å². The fourth-order valence-corrected chi connectivity index (χ4v) is 2.76. The SMILES string of the molecule is CCc1oc2ccccc2c1/C=C/C(=O)NCC(=O)Nc1ccc(F)c(F)c1F. The summed E-state index contributed by atoms with van der Waals surface area (Å²) in [5, 5.41) is 5.27. The summed E-state index contributed by atoms with van der Waals surface area (Å²) in [6.07, 6.45) is 3.48. The molecule has 8 heteroatoms. The Balaban J connectivity index is 1.62. The first-order valence-corrected chi connectivity index (χ1v) is 8.80. The van der Waals surface area contributed by atoms with E-state index in [0.29, 0.717) is 18.1 Å². The van der Waals surface area contributed by atoms with E-state index in [2.05, 4.69) is 10.6 Å². The lowest BCUT2D eigenvalue weighted by molar-refractivity contribution is -0.121. The molecule has 1 heterocycles. The summed E-state index contributed by atoms with van der Waals surface area (Å²) in [4.78, 5) is 23.8. The molecule has 2 amide bonds. The summed E-state index contributed by atoms with van der Waals surface area (Å²) in [6.45, 7) is 1.45. The van der Waals surface area contributed by atoms with Gasteiger partial charge in [-0.25, -0.2) is 13.2 Å². The van der Waals surface area contributed by atoms with E-state index in [9.17, 15) is 22.8 Å². The minimum Gasteiger partial charge on any atom is -0.460 e. The molecule has 5 nitrogen and oxygen atoms in total. The number of fused-ring (bicyclic) bond motifs is 1. The maximum atomic E-state index is 13.6. The second-order valence-electron chi connectivity index (χ2n) is 6.11. The molecule has 0 aliphatic carbocycles. The normalized spacial score (nSPS) is 11.2. The second-order valence-corrected chi connectivity index (χ2v) is 6.11. The summed E-state index contributed by atoms with van der Waals surface area (Å²) in [5.74, 6) is -5.19. The molecule has 0 saturated heterocycles. The number of hydrogen-bond donors (Lipinski definition) is 2. The van der Waals surface area contributed by atoms with Crippen molar-refractivity contribution in [2.24, 2.45) is 0 Å². The van der Waals surface area contributed by atoms with Gasteiger partial charge in [0.25, 0.3) is 0 Å². The van der Waals surface area contributed by atoms with E-state index >= 15 is 0 Å². The van der Waals surface area contributed by atoms with Gasteiger partial charge in [-0.3, -0.25) is 9.59 Å². The number of furan rings is 1. The van der Waals surface area contributed by atoms with Crippen LogP contribution in [0, 0.1) is 17.5 Å². The molecule has 0 bridgehead atoms. The third-order valence-electron chi connectivity index (χ3n) is 4.17. The lowest BCUT2D eigenvalue weighted by atomic mass is 10.1. The molecule has 0 fully saturated rings. The molecule has 0 aliphatic heterocycles.